The lowest BCUT2D eigenvalue weighted by molar-refractivity contribution is 0.222. The summed E-state index contributed by atoms with van der Waals surface area (Å²) >= 11 is 7.61. The number of hydrogen-bond acceptors (Lipinski definition) is 2. The van der Waals surface area contributed by atoms with Crippen molar-refractivity contribution < 1.29 is 5.11 Å². The van der Waals surface area contributed by atoms with Crippen molar-refractivity contribution in [2.45, 2.75) is 6.10 Å². The molecule has 0 spiro atoms. The van der Waals surface area contributed by atoms with Gasteiger partial charge in [0.2, 0.25) is 0 Å². The Labute approximate surface area is 114 Å². The van der Waals surface area contributed by atoms with Crippen molar-refractivity contribution >= 4 is 33.0 Å². The van der Waals surface area contributed by atoms with E-state index >= 15 is 0 Å². The summed E-state index contributed by atoms with van der Waals surface area (Å²) in [5, 5.41) is 14.2. The van der Waals surface area contributed by atoms with Crippen molar-refractivity contribution in [3.63, 3.8) is 0 Å². The summed E-state index contributed by atoms with van der Waals surface area (Å²) in [6.45, 7) is 0. The predicted molar refractivity (Wildman–Crippen MR) is 77.3 cm³/mol. The standard InChI is InChI=1S/C15H11ClOS/c16-11-5-3-4-10(8-11)15(17)13-9-18-14-7-2-1-6-12(13)14/h1-9,15,17H. The smallest absolute Gasteiger partial charge is 0.106 e. The normalized spacial score (nSPS) is 12.8. The van der Waals surface area contributed by atoms with Gasteiger partial charge in [0.1, 0.15) is 6.10 Å². The van der Waals surface area contributed by atoms with Crippen LogP contribution < -0.4 is 0 Å². The molecule has 0 aliphatic carbocycles. The Morgan fingerprint density at radius 3 is 2.72 bits per heavy atom. The zero-order valence-corrected chi connectivity index (χ0v) is 11.1. The van der Waals surface area contributed by atoms with E-state index in [1.807, 2.05) is 41.8 Å². The third kappa shape index (κ3) is 2.03. The highest BCUT2D eigenvalue weighted by Gasteiger charge is 2.15. The van der Waals surface area contributed by atoms with Crippen LogP contribution in [0.4, 0.5) is 0 Å². The van der Waals surface area contributed by atoms with Crippen molar-refractivity contribution in [3.05, 3.63) is 70.1 Å². The van der Waals surface area contributed by atoms with Gasteiger partial charge < -0.3 is 5.11 Å². The zero-order valence-electron chi connectivity index (χ0n) is 9.51. The van der Waals surface area contributed by atoms with E-state index in [1.165, 1.54) is 4.70 Å². The topological polar surface area (TPSA) is 20.2 Å². The maximum atomic E-state index is 10.5. The van der Waals surface area contributed by atoms with Gasteiger partial charge in [-0.1, -0.05) is 41.9 Å². The van der Waals surface area contributed by atoms with Gasteiger partial charge in [-0.2, -0.15) is 0 Å². The first kappa shape index (κ1) is 11.7. The Kier molecular flexibility index (Phi) is 3.08. The fraction of sp³-hybridized carbons (Fsp3) is 0.0667. The molecule has 1 atom stereocenters. The maximum Gasteiger partial charge on any atom is 0.106 e. The van der Waals surface area contributed by atoms with E-state index in [1.54, 1.807) is 17.4 Å². The molecule has 0 amide bonds. The monoisotopic (exact) mass is 274 g/mol. The average molecular weight is 275 g/mol. The fourth-order valence-electron chi connectivity index (χ4n) is 2.07. The minimum Gasteiger partial charge on any atom is -0.384 e. The van der Waals surface area contributed by atoms with Crippen LogP contribution in [0.3, 0.4) is 0 Å². The minimum atomic E-state index is -0.625. The summed E-state index contributed by atoms with van der Waals surface area (Å²) in [6.07, 6.45) is -0.625. The van der Waals surface area contributed by atoms with Gasteiger partial charge in [0, 0.05) is 15.3 Å². The maximum absolute atomic E-state index is 10.5. The first-order valence-electron chi connectivity index (χ1n) is 5.65. The molecule has 0 saturated carbocycles. The van der Waals surface area contributed by atoms with Gasteiger partial charge in [-0.25, -0.2) is 0 Å². The molecule has 18 heavy (non-hydrogen) atoms. The highest BCUT2D eigenvalue weighted by atomic mass is 35.5. The molecule has 0 saturated heterocycles. The Balaban J connectivity index is 2.09. The van der Waals surface area contributed by atoms with Crippen LogP contribution in [-0.4, -0.2) is 5.11 Å². The van der Waals surface area contributed by atoms with Crippen molar-refractivity contribution in [1.82, 2.24) is 0 Å². The lowest BCUT2D eigenvalue weighted by Crippen LogP contribution is -1.98. The molecular weight excluding hydrogens is 264 g/mol. The van der Waals surface area contributed by atoms with E-state index < -0.39 is 6.10 Å². The molecule has 0 aliphatic heterocycles. The number of halogens is 1. The Hall–Kier alpha value is -1.35. The minimum absolute atomic E-state index is 0.625. The molecule has 1 heterocycles. The third-order valence-corrected chi connectivity index (χ3v) is 4.19. The summed E-state index contributed by atoms with van der Waals surface area (Å²) in [7, 11) is 0. The van der Waals surface area contributed by atoms with Crippen molar-refractivity contribution in [2.24, 2.45) is 0 Å². The Morgan fingerprint density at radius 2 is 1.89 bits per heavy atom. The first-order valence-corrected chi connectivity index (χ1v) is 6.91. The van der Waals surface area contributed by atoms with E-state index in [0.717, 1.165) is 16.5 Å². The highest BCUT2D eigenvalue weighted by Crippen LogP contribution is 2.33. The van der Waals surface area contributed by atoms with E-state index in [4.69, 9.17) is 11.6 Å². The van der Waals surface area contributed by atoms with Crippen LogP contribution in [0.1, 0.15) is 17.2 Å². The van der Waals surface area contributed by atoms with Gasteiger partial charge >= 0.3 is 0 Å². The summed E-state index contributed by atoms with van der Waals surface area (Å²) in [4.78, 5) is 0. The molecule has 1 N–H and O–H groups in total. The molecule has 3 rings (SSSR count). The van der Waals surface area contributed by atoms with Crippen LogP contribution >= 0.6 is 22.9 Å². The highest BCUT2D eigenvalue weighted by molar-refractivity contribution is 7.17. The summed E-state index contributed by atoms with van der Waals surface area (Å²) < 4.78 is 1.19. The van der Waals surface area contributed by atoms with E-state index in [9.17, 15) is 5.11 Å². The number of rotatable bonds is 2. The van der Waals surface area contributed by atoms with Crippen LogP contribution in [0, 0.1) is 0 Å². The van der Waals surface area contributed by atoms with Crippen LogP contribution in [0.5, 0.6) is 0 Å². The number of thiophene rings is 1. The lowest BCUT2D eigenvalue weighted by Gasteiger charge is -2.10. The number of aliphatic hydroxyl groups is 1. The van der Waals surface area contributed by atoms with E-state index in [2.05, 4.69) is 6.07 Å². The second kappa shape index (κ2) is 4.73. The number of aliphatic hydroxyl groups excluding tert-OH is 1. The summed E-state index contributed by atoms with van der Waals surface area (Å²) in [5.41, 5.74) is 1.77. The molecule has 3 heteroatoms. The van der Waals surface area contributed by atoms with Gasteiger partial charge in [-0.05, 0) is 34.5 Å². The Morgan fingerprint density at radius 1 is 1.06 bits per heavy atom. The molecule has 0 aliphatic rings. The molecular formula is C15H11ClOS. The van der Waals surface area contributed by atoms with Gasteiger partial charge in [0.05, 0.1) is 0 Å². The second-order valence-corrected chi connectivity index (χ2v) is 5.49. The van der Waals surface area contributed by atoms with Crippen LogP contribution in [-0.2, 0) is 0 Å². The fourth-order valence-corrected chi connectivity index (χ4v) is 3.24. The SMILES string of the molecule is OC(c1cccc(Cl)c1)c1csc2ccccc12. The molecule has 1 unspecified atom stereocenters. The van der Waals surface area contributed by atoms with Crippen molar-refractivity contribution in [1.29, 1.82) is 0 Å². The molecule has 1 aromatic heterocycles. The van der Waals surface area contributed by atoms with Gasteiger partial charge in [0.25, 0.3) is 0 Å². The predicted octanol–water partition coefficient (Wildman–Crippen LogP) is 4.64. The summed E-state index contributed by atoms with van der Waals surface area (Å²) in [5.74, 6) is 0. The quantitative estimate of drug-likeness (QED) is 0.722. The van der Waals surface area contributed by atoms with Gasteiger partial charge in [-0.15, -0.1) is 11.3 Å². The number of fused-ring (bicyclic) bond motifs is 1. The molecule has 1 nitrogen and oxygen atoms in total. The number of hydrogen-bond donors (Lipinski definition) is 1. The molecule has 2 aromatic carbocycles. The van der Waals surface area contributed by atoms with Crippen molar-refractivity contribution in [2.75, 3.05) is 0 Å². The first-order chi connectivity index (χ1) is 8.75. The van der Waals surface area contributed by atoms with Crippen LogP contribution in [0.2, 0.25) is 5.02 Å². The zero-order chi connectivity index (χ0) is 12.5. The lowest BCUT2D eigenvalue weighted by atomic mass is 10.0. The van der Waals surface area contributed by atoms with Crippen LogP contribution in [0.15, 0.2) is 53.9 Å². The van der Waals surface area contributed by atoms with Gasteiger partial charge in [0.15, 0.2) is 0 Å². The van der Waals surface area contributed by atoms with E-state index in [0.29, 0.717) is 5.02 Å². The Bertz CT molecular complexity index is 690. The van der Waals surface area contributed by atoms with Crippen molar-refractivity contribution in [3.8, 4) is 0 Å². The molecule has 0 fully saturated rings. The van der Waals surface area contributed by atoms with Crippen LogP contribution in [0.25, 0.3) is 10.1 Å². The van der Waals surface area contributed by atoms with E-state index in [-0.39, 0.29) is 0 Å². The largest absolute Gasteiger partial charge is 0.384 e. The summed E-state index contributed by atoms with van der Waals surface area (Å²) in [6, 6.07) is 15.5. The molecule has 3 aromatic rings. The second-order valence-electron chi connectivity index (χ2n) is 4.14. The molecule has 0 radical (unpaired) electrons. The van der Waals surface area contributed by atoms with Gasteiger partial charge in [-0.3, -0.25) is 0 Å². The third-order valence-electron chi connectivity index (χ3n) is 2.97. The molecule has 0 bridgehead atoms. The molecule has 90 valence electrons. The average Bonchev–Trinajstić information content (AvgIpc) is 2.82. The number of benzene rings is 2.